The van der Waals surface area contributed by atoms with Crippen molar-refractivity contribution in [1.82, 2.24) is 30.5 Å². The fraction of sp³-hybridized carbons (Fsp3) is 0.656. The van der Waals surface area contributed by atoms with Crippen LogP contribution in [0.15, 0.2) is 157 Å². The topological polar surface area (TPSA) is 297 Å². The number of allylic oxidation sites excluding steroid dienone is 9. The number of rotatable bonds is 47. The average Bonchev–Trinajstić information content (AvgIpc) is 1.60. The third kappa shape index (κ3) is 27.0. The number of hydrogen-bond acceptors (Lipinski definition) is 16. The van der Waals surface area contributed by atoms with Gasteiger partial charge in [-0.05, 0) is 271 Å². The molecule has 20 atom stereocenters. The van der Waals surface area contributed by atoms with E-state index in [4.69, 9.17) is 18.9 Å². The number of hydrogen-bond donors (Lipinski definition) is 4. The largest absolute Gasteiger partial charge is 0.480 e. The minimum absolute atomic E-state index is 0.0267. The highest BCUT2D eigenvalue weighted by Gasteiger charge is 2.61. The molecule has 0 aliphatic heterocycles. The summed E-state index contributed by atoms with van der Waals surface area (Å²) in [6.45, 7) is 20.4. The maximum absolute atomic E-state index is 13.1. The zero-order chi connectivity index (χ0) is 101. The van der Waals surface area contributed by atoms with Crippen molar-refractivity contribution in [2.45, 2.75) is 407 Å². The van der Waals surface area contributed by atoms with Crippen LogP contribution in [0.5, 0.6) is 0 Å². The quantitative estimate of drug-likeness (QED) is 0.0105. The van der Waals surface area contributed by atoms with E-state index in [2.05, 4.69) is 136 Å². The Labute approximate surface area is 853 Å². The van der Waals surface area contributed by atoms with Crippen molar-refractivity contribution in [1.29, 1.82) is 0 Å². The van der Waals surface area contributed by atoms with Crippen molar-refractivity contribution in [3.05, 3.63) is 179 Å². The first-order chi connectivity index (χ1) is 69.1. The van der Waals surface area contributed by atoms with Crippen molar-refractivity contribution >= 4 is 70.8 Å². The molecule has 143 heavy (non-hydrogen) atoms. The Balaban J connectivity index is 0.000000171. The molecule has 778 valence electrons. The first-order valence-corrected chi connectivity index (χ1v) is 56.0. The van der Waals surface area contributed by atoms with E-state index in [1.165, 1.54) is 172 Å². The fourth-order valence-corrected chi connectivity index (χ4v) is 29.4. The number of aliphatic carboxylic acids is 2. The summed E-state index contributed by atoms with van der Waals surface area (Å²) in [4.78, 5) is 126. The van der Waals surface area contributed by atoms with Crippen molar-refractivity contribution in [3.8, 4) is 0 Å². The van der Waals surface area contributed by atoms with Gasteiger partial charge in [-0.3, -0.25) is 48.5 Å². The Hall–Kier alpha value is -9.66. The number of benzene rings is 1. The minimum Gasteiger partial charge on any atom is -0.480 e. The number of carboxylic acids is 2. The molecular formula is C122H170N6O15. The second-order valence-electron chi connectivity index (χ2n) is 46.1. The van der Waals surface area contributed by atoms with Crippen LogP contribution in [0.4, 0.5) is 0 Å². The summed E-state index contributed by atoms with van der Waals surface area (Å²) in [6, 6.07) is 20.6. The minimum atomic E-state index is -1.02. The standard InChI is InChI=1S/C46H70N2O5.C38H46N2O5.C38H54N2O5/c1-4-5-6-7-8-9-10-11-12-13-14-15-16-17-20-41(44(51)52)48-42(49)25-26-43(50)53-36-27-29-45(2)35(32-36)21-22-37-39-24-23-38(34-19-18-31-47-33-34)46(39,3)30-28-40(37)45;1-37-18-16-30(45-36(43)15-14-35(42)40(21-22-44-26-41)25-27-7-4-3-5-8-27)23-29(37)10-11-31-33-13-12-32(28-9-6-20-39-24-28)38(33,2)19-17-34(31)37;1-4-5-6-7-8-9-12-33(36(43)44)40-34(41)17-18-35(42)45-28-19-21-37(2)27(24-28)13-14-29-31-16-15-30(26-11-10-23-39-25-26)38(31,3)22-20-32(29)37/h18-19,21,23,31,33,36-37,39-41H,4-17,20,22,24-30,32H2,1-3H3,(H,48,49)(H,51,52);3-10,12,20,24,26,30-31,33-34H,11,13-19,21-23,25H2,1-2H3;10-11,13,15,23,25,28-29,31-33H,4-9,12,14,16-22,24H2,1-3H3,(H,40,41)(H,43,44)/t36-,37-,39-,40-,41?,45-,46+;30-,31-,33-,34-,37-,38+;28-,29-,31-,32-,33?,37-,38+/m000/s1. The molecule has 0 bridgehead atoms. The van der Waals surface area contributed by atoms with Gasteiger partial charge in [0.2, 0.25) is 17.7 Å². The van der Waals surface area contributed by atoms with E-state index in [0.717, 1.165) is 147 Å². The number of fused-ring (bicyclic) bond motifs is 15. The molecule has 12 aliphatic rings. The Kier molecular flexibility index (Phi) is 39.3. The van der Waals surface area contributed by atoms with E-state index in [9.17, 15) is 53.4 Å². The van der Waals surface area contributed by atoms with Gasteiger partial charge in [-0.15, -0.1) is 0 Å². The normalized spacial score (nSPS) is 29.7. The number of amides is 3. The molecule has 3 heterocycles. The van der Waals surface area contributed by atoms with Crippen molar-refractivity contribution in [2.75, 3.05) is 13.2 Å². The Morgan fingerprint density at radius 1 is 0.392 bits per heavy atom. The average molecular weight is 1960 g/mol. The van der Waals surface area contributed by atoms with Crippen LogP contribution in [0.1, 0.15) is 392 Å². The number of nitrogens with one attached hydrogen (secondary N) is 2. The molecule has 0 radical (unpaired) electrons. The van der Waals surface area contributed by atoms with E-state index in [-0.39, 0.29) is 126 Å². The van der Waals surface area contributed by atoms with E-state index < -0.39 is 35.8 Å². The molecule has 12 aliphatic carbocycles. The summed E-state index contributed by atoms with van der Waals surface area (Å²) in [5, 5.41) is 24.5. The van der Waals surface area contributed by atoms with Crippen LogP contribution in [0, 0.1) is 85.8 Å². The molecular weight excluding hydrogens is 1790 g/mol. The predicted octanol–water partition coefficient (Wildman–Crippen LogP) is 26.2. The van der Waals surface area contributed by atoms with Gasteiger partial charge in [0.15, 0.2) is 0 Å². The number of carbonyl (C=O) groups excluding carboxylic acids is 7. The molecule has 21 heteroatoms. The summed E-state index contributed by atoms with van der Waals surface area (Å²) in [5.74, 6) is 1.86. The third-order valence-electron chi connectivity index (χ3n) is 37.5. The van der Waals surface area contributed by atoms with Crippen molar-refractivity contribution in [2.24, 2.45) is 85.8 Å². The maximum Gasteiger partial charge on any atom is 0.326 e. The van der Waals surface area contributed by atoms with Crippen LogP contribution >= 0.6 is 0 Å². The first kappa shape index (κ1) is 109. The van der Waals surface area contributed by atoms with Gasteiger partial charge in [-0.25, -0.2) is 9.59 Å². The van der Waals surface area contributed by atoms with Gasteiger partial charge in [0, 0.05) is 82.3 Å². The van der Waals surface area contributed by atoms with Crippen molar-refractivity contribution in [3.63, 3.8) is 0 Å². The molecule has 6 fully saturated rings. The number of esters is 3. The highest BCUT2D eigenvalue weighted by atomic mass is 16.6. The maximum atomic E-state index is 13.1. The second-order valence-corrected chi connectivity index (χ2v) is 46.1. The van der Waals surface area contributed by atoms with Crippen LogP contribution < -0.4 is 10.6 Å². The third-order valence-corrected chi connectivity index (χ3v) is 37.5. The molecule has 6 saturated carbocycles. The lowest BCUT2D eigenvalue weighted by Crippen LogP contribution is -2.50. The van der Waals surface area contributed by atoms with Gasteiger partial charge >= 0.3 is 29.8 Å². The Morgan fingerprint density at radius 2 is 0.720 bits per heavy atom. The van der Waals surface area contributed by atoms with Crippen LogP contribution in [-0.4, -0.2) is 128 Å². The van der Waals surface area contributed by atoms with Crippen LogP contribution in [0.25, 0.3) is 16.7 Å². The summed E-state index contributed by atoms with van der Waals surface area (Å²) in [7, 11) is 0. The summed E-state index contributed by atoms with van der Waals surface area (Å²) in [6.07, 6.45) is 72.6. The molecule has 2 unspecified atom stereocenters. The van der Waals surface area contributed by atoms with Crippen LogP contribution in [0.3, 0.4) is 0 Å². The Bertz CT molecular complexity index is 5110. The number of carboxylic acid groups (broad SMARTS) is 2. The molecule has 3 aromatic heterocycles. The van der Waals surface area contributed by atoms with Gasteiger partial charge in [0.1, 0.15) is 37.0 Å². The van der Waals surface area contributed by atoms with E-state index in [0.29, 0.717) is 79.1 Å². The SMILES string of the molecule is CCCCCCCCC(NC(=O)CCC(=O)O[C@H]1CC[C@@]2(C)C(=CC[C@@H]3[C@@H]2CC[C@]2(C)C(c4cccnc4)=CC[C@@H]32)C1)C(=O)O.CCCCCCCCCCCCCCCCC(NC(=O)CCC(=O)O[C@H]1CC[C@@]2(C)C(=CC[C@@H]3[C@@H]2CC[C@]2(C)C(c4cccnc4)=CC[C@@H]32)C1)C(=O)O.C[C@]12CC[C@H](OC(=O)CCC(=O)N(CCOC=O)Cc3ccccc3)CC1=CC[C@@H]1[C@@H]2CC[C@]2(C)C(c3cccnc3)=CC[C@@H]12. The second kappa shape index (κ2) is 51.6. The number of aromatic nitrogens is 3. The highest BCUT2D eigenvalue weighted by molar-refractivity contribution is 5.87. The van der Waals surface area contributed by atoms with Gasteiger partial charge in [-0.1, -0.05) is 286 Å². The fourth-order valence-electron chi connectivity index (χ4n) is 29.4. The van der Waals surface area contributed by atoms with E-state index in [1.54, 1.807) is 4.90 Å². The van der Waals surface area contributed by atoms with Crippen LogP contribution in [-0.2, 0) is 68.6 Å². The molecule has 3 amide bonds. The molecule has 0 saturated heterocycles. The summed E-state index contributed by atoms with van der Waals surface area (Å²) >= 11 is 0. The van der Waals surface area contributed by atoms with Gasteiger partial charge < -0.3 is 44.7 Å². The van der Waals surface area contributed by atoms with Crippen LogP contribution in [0.2, 0.25) is 0 Å². The Morgan fingerprint density at radius 3 is 1.04 bits per heavy atom. The molecule has 4 aromatic rings. The lowest BCUT2D eigenvalue weighted by molar-refractivity contribution is -0.153. The lowest BCUT2D eigenvalue weighted by Gasteiger charge is -2.57. The number of carbonyl (C=O) groups is 9. The number of ether oxygens (including phenoxy) is 4. The van der Waals surface area contributed by atoms with Gasteiger partial charge in [0.25, 0.3) is 6.47 Å². The number of unbranched alkanes of at least 4 members (excludes halogenated alkanes) is 18. The molecule has 0 spiro atoms. The molecule has 1 aromatic carbocycles. The zero-order valence-corrected chi connectivity index (χ0v) is 87.7. The van der Waals surface area contributed by atoms with E-state index >= 15 is 0 Å². The highest BCUT2D eigenvalue weighted by Crippen LogP contribution is 2.70. The molecule has 21 nitrogen and oxygen atoms in total. The van der Waals surface area contributed by atoms with Gasteiger partial charge in [-0.2, -0.15) is 0 Å². The zero-order valence-electron chi connectivity index (χ0n) is 87.7. The number of nitrogens with zero attached hydrogens (tertiary/aromatic N) is 4. The molecule has 16 rings (SSSR count). The van der Waals surface area contributed by atoms with Gasteiger partial charge in [0.05, 0.1) is 25.8 Å². The summed E-state index contributed by atoms with van der Waals surface area (Å²) in [5.41, 5.74) is 14.7. The summed E-state index contributed by atoms with van der Waals surface area (Å²) < 4.78 is 22.6. The number of pyridine rings is 3. The monoisotopic (exact) mass is 1960 g/mol. The van der Waals surface area contributed by atoms with Crippen molar-refractivity contribution < 1.29 is 72.3 Å². The predicted molar refractivity (Wildman–Crippen MR) is 561 cm³/mol. The first-order valence-electron chi connectivity index (χ1n) is 56.0. The molecule has 4 N–H and O–H groups in total. The lowest BCUT2D eigenvalue weighted by atomic mass is 9.47. The van der Waals surface area contributed by atoms with E-state index in [1.807, 2.05) is 85.7 Å². The smallest absolute Gasteiger partial charge is 0.326 e.